The Balaban J connectivity index is 2.98. The summed E-state index contributed by atoms with van der Waals surface area (Å²) < 4.78 is 0. The van der Waals surface area contributed by atoms with E-state index in [-0.39, 0.29) is 31.8 Å². The number of nitrogens with one attached hydrogen (secondary N) is 4. The third-order valence-corrected chi connectivity index (χ3v) is 5.80. The number of H-pyrrole nitrogens is 1. The number of carboxylic acid groups (broad SMARTS) is 2. The van der Waals surface area contributed by atoms with Crippen LogP contribution in [-0.4, -0.2) is 98.5 Å². The molecule has 0 spiro atoms. The number of amides is 3. The minimum atomic E-state index is -1.69. The summed E-state index contributed by atoms with van der Waals surface area (Å²) >= 11 is 1.38. The number of nitrogens with zero attached hydrogens (tertiary/aromatic N) is 2. The summed E-state index contributed by atoms with van der Waals surface area (Å²) in [4.78, 5) is 71.6. The topological polar surface area (TPSA) is 281 Å². The molecule has 0 fully saturated rings. The first-order valence-corrected chi connectivity index (χ1v) is 13.0. The number of nitrogens with two attached hydrogens (primary N) is 3. The quantitative estimate of drug-likeness (QED) is 0.0499. The summed E-state index contributed by atoms with van der Waals surface area (Å²) in [7, 11) is 0. The van der Waals surface area contributed by atoms with Crippen LogP contribution in [0.1, 0.15) is 31.4 Å². The van der Waals surface area contributed by atoms with Gasteiger partial charge in [0.1, 0.15) is 18.1 Å². The number of aliphatic carboxylic acids is 2. The van der Waals surface area contributed by atoms with Crippen molar-refractivity contribution in [2.24, 2.45) is 22.2 Å². The van der Waals surface area contributed by atoms with Crippen molar-refractivity contribution < 1.29 is 34.2 Å². The minimum Gasteiger partial charge on any atom is -0.481 e. The number of carboxylic acids is 2. The largest absolute Gasteiger partial charge is 0.481 e. The maximum atomic E-state index is 13.2. The lowest BCUT2D eigenvalue weighted by Gasteiger charge is -2.25. The van der Waals surface area contributed by atoms with E-state index in [1.165, 1.54) is 24.3 Å². The Morgan fingerprint density at radius 3 is 2.21 bits per heavy atom. The molecule has 38 heavy (non-hydrogen) atoms. The molecule has 0 radical (unpaired) electrons. The van der Waals surface area contributed by atoms with Crippen molar-refractivity contribution in [2.75, 3.05) is 18.6 Å². The van der Waals surface area contributed by atoms with Gasteiger partial charge in [-0.1, -0.05) is 0 Å². The van der Waals surface area contributed by atoms with Crippen LogP contribution in [0.2, 0.25) is 0 Å². The molecule has 1 heterocycles. The number of imidazole rings is 1. The number of aromatic amines is 1. The third kappa shape index (κ3) is 12.4. The van der Waals surface area contributed by atoms with E-state index in [2.05, 4.69) is 30.9 Å². The van der Waals surface area contributed by atoms with Gasteiger partial charge in [0.2, 0.25) is 17.7 Å². The van der Waals surface area contributed by atoms with Crippen LogP contribution in [0.15, 0.2) is 17.5 Å². The number of hydrogen-bond donors (Lipinski definition) is 9. The highest BCUT2D eigenvalue weighted by Crippen LogP contribution is 2.06. The lowest BCUT2D eigenvalue weighted by atomic mass is 10.1. The molecule has 4 unspecified atom stereocenters. The molecule has 0 saturated carbocycles. The molecule has 12 N–H and O–H groups in total. The fourth-order valence-electron chi connectivity index (χ4n) is 3.18. The number of aliphatic imine (C=N–C) groups is 1. The van der Waals surface area contributed by atoms with Gasteiger partial charge in [-0.05, 0) is 31.3 Å². The fraction of sp³-hybridized carbons (Fsp3) is 0.571. The Hall–Kier alpha value is -3.86. The Labute approximate surface area is 223 Å². The molecule has 0 aliphatic heterocycles. The summed E-state index contributed by atoms with van der Waals surface area (Å²) in [5, 5.41) is 25.4. The van der Waals surface area contributed by atoms with Crippen LogP contribution < -0.4 is 33.2 Å². The first kappa shape index (κ1) is 32.2. The SMILES string of the molecule is CSCCC(NC(=O)C(Cc1cnc[nH]1)NC(=O)C(N)CCCN=C(N)N)C(=O)NC(CC(=O)O)C(=O)O. The molecule has 1 rings (SSSR count). The van der Waals surface area contributed by atoms with Gasteiger partial charge in [0, 0.05) is 24.9 Å². The maximum Gasteiger partial charge on any atom is 0.326 e. The van der Waals surface area contributed by atoms with Crippen molar-refractivity contribution in [2.45, 2.75) is 56.3 Å². The molecule has 1 aromatic rings. The minimum absolute atomic E-state index is 0.00801. The van der Waals surface area contributed by atoms with Gasteiger partial charge >= 0.3 is 11.9 Å². The number of aromatic nitrogens is 2. The summed E-state index contributed by atoms with van der Waals surface area (Å²) in [5.41, 5.74) is 17.0. The van der Waals surface area contributed by atoms with E-state index in [0.29, 0.717) is 17.9 Å². The number of rotatable bonds is 18. The zero-order valence-corrected chi connectivity index (χ0v) is 21.7. The smallest absolute Gasteiger partial charge is 0.326 e. The Morgan fingerprint density at radius 1 is 1.03 bits per heavy atom. The molecule has 4 atom stereocenters. The number of thioether (sulfide) groups is 1. The standard InChI is InChI=1S/C21H35N9O7S/c1-38-6-4-13(18(34)30-15(20(36)37)8-16(31)32)28-19(35)14(7-11-9-25-10-27-11)29-17(33)12(22)3-2-5-26-21(23)24/h9-10,12-15H,2-8,22H2,1H3,(H,25,27)(H,28,35)(H,29,33)(H,30,34)(H,31,32)(H,36,37)(H4,23,24,26). The van der Waals surface area contributed by atoms with Crippen LogP contribution in [0.25, 0.3) is 0 Å². The Bertz CT molecular complexity index is 970. The zero-order valence-electron chi connectivity index (χ0n) is 20.9. The van der Waals surface area contributed by atoms with Gasteiger partial charge in [-0.2, -0.15) is 11.8 Å². The van der Waals surface area contributed by atoms with Gasteiger partial charge < -0.3 is 48.3 Å². The van der Waals surface area contributed by atoms with E-state index in [4.69, 9.17) is 22.3 Å². The number of guanidine groups is 1. The van der Waals surface area contributed by atoms with Gasteiger partial charge in [0.25, 0.3) is 0 Å². The second-order valence-electron chi connectivity index (χ2n) is 8.24. The highest BCUT2D eigenvalue weighted by atomic mass is 32.2. The molecule has 3 amide bonds. The van der Waals surface area contributed by atoms with Gasteiger partial charge in [0.05, 0.1) is 18.8 Å². The third-order valence-electron chi connectivity index (χ3n) is 5.15. The van der Waals surface area contributed by atoms with Crippen molar-refractivity contribution in [1.29, 1.82) is 0 Å². The highest BCUT2D eigenvalue weighted by molar-refractivity contribution is 7.98. The molecule has 212 valence electrons. The monoisotopic (exact) mass is 557 g/mol. The van der Waals surface area contributed by atoms with Gasteiger partial charge in [-0.15, -0.1) is 0 Å². The molecule has 0 aliphatic carbocycles. The van der Waals surface area contributed by atoms with Crippen molar-refractivity contribution in [3.63, 3.8) is 0 Å². The fourth-order valence-corrected chi connectivity index (χ4v) is 3.65. The number of carbonyl (C=O) groups excluding carboxylic acids is 3. The molecule has 16 nitrogen and oxygen atoms in total. The van der Waals surface area contributed by atoms with E-state index < -0.39 is 60.2 Å². The molecule has 0 saturated heterocycles. The predicted molar refractivity (Wildman–Crippen MR) is 139 cm³/mol. The number of hydrogen-bond acceptors (Lipinski definition) is 9. The average Bonchev–Trinajstić information content (AvgIpc) is 3.35. The van der Waals surface area contributed by atoms with Crippen LogP contribution in [0.5, 0.6) is 0 Å². The summed E-state index contributed by atoms with van der Waals surface area (Å²) in [6.07, 6.45) is 4.55. The molecule has 0 bridgehead atoms. The summed E-state index contributed by atoms with van der Waals surface area (Å²) in [6.45, 7) is 0.271. The summed E-state index contributed by atoms with van der Waals surface area (Å²) in [5.74, 6) is -4.83. The van der Waals surface area contributed by atoms with Gasteiger partial charge in [0.15, 0.2) is 5.96 Å². The Kier molecular flexibility index (Phi) is 14.2. The van der Waals surface area contributed by atoms with Crippen molar-refractivity contribution in [3.05, 3.63) is 18.2 Å². The molecule has 17 heteroatoms. The van der Waals surface area contributed by atoms with E-state index in [1.54, 1.807) is 6.26 Å². The van der Waals surface area contributed by atoms with E-state index >= 15 is 0 Å². The van der Waals surface area contributed by atoms with E-state index in [1.807, 2.05) is 0 Å². The van der Waals surface area contributed by atoms with E-state index in [9.17, 15) is 29.1 Å². The second-order valence-corrected chi connectivity index (χ2v) is 9.22. The second kappa shape index (κ2) is 16.8. The average molecular weight is 558 g/mol. The lowest BCUT2D eigenvalue weighted by Crippen LogP contribution is -2.57. The molecule has 0 aliphatic rings. The van der Waals surface area contributed by atoms with E-state index in [0.717, 1.165) is 0 Å². The van der Waals surface area contributed by atoms with Crippen molar-refractivity contribution in [1.82, 2.24) is 25.9 Å². The Morgan fingerprint density at radius 2 is 1.66 bits per heavy atom. The molecule has 0 aromatic carbocycles. The first-order valence-electron chi connectivity index (χ1n) is 11.6. The first-order chi connectivity index (χ1) is 17.9. The molecular weight excluding hydrogens is 522 g/mol. The van der Waals surface area contributed by atoms with Gasteiger partial charge in [-0.25, -0.2) is 9.78 Å². The summed E-state index contributed by atoms with van der Waals surface area (Å²) in [6, 6.07) is -5.01. The van der Waals surface area contributed by atoms with Crippen molar-refractivity contribution >= 4 is 47.4 Å². The van der Waals surface area contributed by atoms with Crippen LogP contribution in [0.3, 0.4) is 0 Å². The van der Waals surface area contributed by atoms with Crippen LogP contribution in [0.4, 0.5) is 0 Å². The number of carbonyl (C=O) groups is 5. The molecule has 1 aromatic heterocycles. The highest BCUT2D eigenvalue weighted by Gasteiger charge is 2.31. The van der Waals surface area contributed by atoms with Crippen LogP contribution in [0, 0.1) is 0 Å². The normalized spacial score (nSPS) is 13.8. The van der Waals surface area contributed by atoms with Crippen LogP contribution in [-0.2, 0) is 30.4 Å². The predicted octanol–water partition coefficient (Wildman–Crippen LogP) is -2.90. The van der Waals surface area contributed by atoms with Crippen LogP contribution >= 0.6 is 11.8 Å². The van der Waals surface area contributed by atoms with Gasteiger partial charge in [-0.3, -0.25) is 24.2 Å². The maximum absolute atomic E-state index is 13.2. The molecular formula is C21H35N9O7S. The lowest BCUT2D eigenvalue weighted by molar-refractivity contribution is -0.147. The zero-order chi connectivity index (χ0) is 28.7. The van der Waals surface area contributed by atoms with Crippen molar-refractivity contribution in [3.8, 4) is 0 Å².